The highest BCUT2D eigenvalue weighted by Crippen LogP contribution is 2.22. The quantitative estimate of drug-likeness (QED) is 0.755. The Morgan fingerprint density at radius 1 is 1.25 bits per heavy atom. The highest BCUT2D eigenvalue weighted by atomic mass is 16.2. The van der Waals surface area contributed by atoms with E-state index < -0.39 is 0 Å². The van der Waals surface area contributed by atoms with Crippen molar-refractivity contribution >= 4 is 11.8 Å². The van der Waals surface area contributed by atoms with Gasteiger partial charge in [-0.2, -0.15) is 5.26 Å². The number of nitrogens with zero attached hydrogens (tertiary/aromatic N) is 6. The molecule has 0 spiro atoms. The van der Waals surface area contributed by atoms with E-state index in [0.29, 0.717) is 44.5 Å². The lowest BCUT2D eigenvalue weighted by molar-refractivity contribution is -0.137. The Labute approximate surface area is 163 Å². The van der Waals surface area contributed by atoms with Gasteiger partial charge in [0.05, 0.1) is 30.4 Å². The fraction of sp³-hybridized carbons (Fsp3) is 0.450. The molecule has 8 heteroatoms. The zero-order chi connectivity index (χ0) is 19.5. The first-order chi connectivity index (χ1) is 13.6. The fourth-order valence-corrected chi connectivity index (χ4v) is 3.61. The van der Waals surface area contributed by atoms with Gasteiger partial charge in [0.2, 0.25) is 11.8 Å². The van der Waals surface area contributed by atoms with E-state index in [1.807, 2.05) is 28.1 Å². The van der Waals surface area contributed by atoms with Crippen LogP contribution in [0.1, 0.15) is 42.1 Å². The molecule has 0 aliphatic carbocycles. The van der Waals surface area contributed by atoms with Crippen molar-refractivity contribution in [2.24, 2.45) is 0 Å². The molecule has 8 nitrogen and oxygen atoms in total. The predicted molar refractivity (Wildman–Crippen MR) is 99.8 cm³/mol. The predicted octanol–water partition coefficient (Wildman–Crippen LogP) is 1.29. The topological polar surface area (TPSA) is 95.1 Å². The van der Waals surface area contributed by atoms with Crippen LogP contribution < -0.4 is 0 Å². The minimum atomic E-state index is 0.128. The van der Waals surface area contributed by atoms with E-state index in [9.17, 15) is 9.59 Å². The molecule has 28 heavy (non-hydrogen) atoms. The van der Waals surface area contributed by atoms with E-state index in [-0.39, 0.29) is 17.9 Å². The maximum atomic E-state index is 12.4. The molecule has 0 N–H and O–H groups in total. The third-order valence-corrected chi connectivity index (χ3v) is 5.38. The molecule has 1 aromatic carbocycles. The van der Waals surface area contributed by atoms with E-state index >= 15 is 0 Å². The summed E-state index contributed by atoms with van der Waals surface area (Å²) >= 11 is 0. The lowest BCUT2D eigenvalue weighted by atomic mass is 10.0. The van der Waals surface area contributed by atoms with Gasteiger partial charge >= 0.3 is 0 Å². The molecule has 4 rings (SSSR count). The van der Waals surface area contributed by atoms with Crippen molar-refractivity contribution in [2.75, 3.05) is 19.6 Å². The van der Waals surface area contributed by atoms with Gasteiger partial charge in [0.25, 0.3) is 0 Å². The molecule has 2 fully saturated rings. The molecule has 2 saturated heterocycles. The van der Waals surface area contributed by atoms with E-state index in [0.717, 1.165) is 24.2 Å². The lowest BCUT2D eigenvalue weighted by Gasteiger charge is -2.39. The van der Waals surface area contributed by atoms with Crippen LogP contribution in [0.4, 0.5) is 0 Å². The molecule has 0 atom stereocenters. The first-order valence-corrected chi connectivity index (χ1v) is 9.57. The molecule has 0 bridgehead atoms. The minimum absolute atomic E-state index is 0.128. The smallest absolute Gasteiger partial charge is 0.223 e. The highest BCUT2D eigenvalue weighted by Gasteiger charge is 2.32. The number of benzene rings is 1. The van der Waals surface area contributed by atoms with Crippen LogP contribution in [0, 0.1) is 11.3 Å². The summed E-state index contributed by atoms with van der Waals surface area (Å²) in [6.07, 6.45) is 4.54. The van der Waals surface area contributed by atoms with Gasteiger partial charge in [-0.05, 0) is 30.5 Å². The molecule has 0 unspecified atom stereocenters. The van der Waals surface area contributed by atoms with E-state index in [2.05, 4.69) is 16.4 Å². The molecule has 2 aliphatic heterocycles. The van der Waals surface area contributed by atoms with E-state index in [1.165, 1.54) is 0 Å². The number of carbonyl (C=O) groups excluding carboxylic acids is 2. The average molecular weight is 378 g/mol. The van der Waals surface area contributed by atoms with E-state index in [1.54, 1.807) is 16.8 Å². The molecule has 144 valence electrons. The summed E-state index contributed by atoms with van der Waals surface area (Å²) in [5, 5.41) is 17.2. The minimum Gasteiger partial charge on any atom is -0.338 e. The Balaban J connectivity index is 1.23. The number of amides is 2. The molecular formula is C20H22N6O2. The fourth-order valence-electron chi connectivity index (χ4n) is 3.61. The zero-order valence-electron chi connectivity index (χ0n) is 15.6. The molecule has 2 aromatic rings. The molecule has 0 radical (unpaired) electrons. The van der Waals surface area contributed by atoms with Gasteiger partial charge in [-0.25, -0.2) is 4.68 Å². The summed E-state index contributed by atoms with van der Waals surface area (Å²) in [6.45, 7) is 2.57. The van der Waals surface area contributed by atoms with Crippen molar-refractivity contribution in [3.8, 4) is 6.07 Å². The zero-order valence-corrected chi connectivity index (χ0v) is 15.6. The number of likely N-dealkylation sites (tertiary alicyclic amines) is 2. The van der Waals surface area contributed by atoms with E-state index in [4.69, 9.17) is 5.26 Å². The third-order valence-electron chi connectivity index (χ3n) is 5.38. The van der Waals surface area contributed by atoms with Gasteiger partial charge in [-0.15, -0.1) is 5.10 Å². The molecule has 3 heterocycles. The van der Waals surface area contributed by atoms with Gasteiger partial charge < -0.3 is 9.80 Å². The maximum Gasteiger partial charge on any atom is 0.223 e. The van der Waals surface area contributed by atoms with Crippen LogP contribution in [0.15, 0.2) is 30.5 Å². The SMILES string of the molecule is N#Cc1ccc(CCC(=O)N2CC(n3cc(CN4CCCC4=O)nn3)C2)cc1. The van der Waals surface area contributed by atoms with Gasteiger partial charge in [-0.1, -0.05) is 17.3 Å². The number of aryl methyl sites for hydroxylation is 1. The Morgan fingerprint density at radius 3 is 2.71 bits per heavy atom. The van der Waals surface area contributed by atoms with Crippen LogP contribution in [0.3, 0.4) is 0 Å². The molecular weight excluding hydrogens is 356 g/mol. The standard InChI is InChI=1S/C20H22N6O2/c21-10-16-5-3-15(4-6-16)7-8-20(28)25-13-18(14-25)26-12-17(22-23-26)11-24-9-1-2-19(24)27/h3-6,12,18H,1-2,7-9,11,13-14H2. The van der Waals surface area contributed by atoms with Crippen LogP contribution in [0.25, 0.3) is 0 Å². The Hall–Kier alpha value is -3.21. The average Bonchev–Trinajstić information content (AvgIpc) is 3.29. The second kappa shape index (κ2) is 7.80. The van der Waals surface area contributed by atoms with Crippen molar-refractivity contribution in [3.63, 3.8) is 0 Å². The first kappa shape index (κ1) is 18.2. The third kappa shape index (κ3) is 3.88. The normalized spacial score (nSPS) is 16.9. The second-order valence-corrected chi connectivity index (χ2v) is 7.37. The number of nitriles is 1. The van der Waals surface area contributed by atoms with Gasteiger partial charge in [0.1, 0.15) is 5.69 Å². The van der Waals surface area contributed by atoms with Crippen molar-refractivity contribution in [2.45, 2.75) is 38.3 Å². The maximum absolute atomic E-state index is 12.4. The van der Waals surface area contributed by atoms with Crippen molar-refractivity contribution < 1.29 is 9.59 Å². The lowest BCUT2D eigenvalue weighted by Crippen LogP contribution is -2.51. The molecule has 2 aliphatic rings. The molecule has 2 amide bonds. The summed E-state index contributed by atoms with van der Waals surface area (Å²) in [4.78, 5) is 27.7. The largest absolute Gasteiger partial charge is 0.338 e. The summed E-state index contributed by atoms with van der Waals surface area (Å²) in [5.41, 5.74) is 2.48. The summed E-state index contributed by atoms with van der Waals surface area (Å²) < 4.78 is 1.81. The highest BCUT2D eigenvalue weighted by molar-refractivity contribution is 5.78. The van der Waals surface area contributed by atoms with Crippen LogP contribution in [0.2, 0.25) is 0 Å². The number of aromatic nitrogens is 3. The molecule has 0 saturated carbocycles. The van der Waals surface area contributed by atoms with Crippen LogP contribution in [0.5, 0.6) is 0 Å². The monoisotopic (exact) mass is 378 g/mol. The number of rotatable bonds is 6. The summed E-state index contributed by atoms with van der Waals surface area (Å²) in [7, 11) is 0. The van der Waals surface area contributed by atoms with Crippen molar-refractivity contribution in [1.82, 2.24) is 24.8 Å². The number of hydrogen-bond donors (Lipinski definition) is 0. The van der Waals surface area contributed by atoms with Crippen LogP contribution in [-0.2, 0) is 22.6 Å². The Bertz CT molecular complexity index is 908. The van der Waals surface area contributed by atoms with Gasteiger partial charge in [0, 0.05) is 32.5 Å². The summed E-state index contributed by atoms with van der Waals surface area (Å²) in [6, 6.07) is 9.58. The van der Waals surface area contributed by atoms with Crippen LogP contribution in [-0.4, -0.2) is 56.2 Å². The number of carbonyl (C=O) groups is 2. The van der Waals surface area contributed by atoms with Gasteiger partial charge in [-0.3, -0.25) is 9.59 Å². The summed E-state index contributed by atoms with van der Waals surface area (Å²) in [5.74, 6) is 0.306. The van der Waals surface area contributed by atoms with Crippen molar-refractivity contribution in [1.29, 1.82) is 5.26 Å². The van der Waals surface area contributed by atoms with Crippen molar-refractivity contribution in [3.05, 3.63) is 47.3 Å². The number of hydrogen-bond acceptors (Lipinski definition) is 5. The van der Waals surface area contributed by atoms with Crippen LogP contribution >= 0.6 is 0 Å². The second-order valence-electron chi connectivity index (χ2n) is 7.37. The Morgan fingerprint density at radius 2 is 2.04 bits per heavy atom. The van der Waals surface area contributed by atoms with Gasteiger partial charge in [0.15, 0.2) is 0 Å². The Kier molecular flexibility index (Phi) is 5.06. The molecule has 1 aromatic heterocycles. The first-order valence-electron chi connectivity index (χ1n) is 9.57.